The van der Waals surface area contributed by atoms with Crippen LogP contribution in [0.2, 0.25) is 0 Å². The topological polar surface area (TPSA) is 102 Å². The normalized spacial score (nSPS) is 19.5. The van der Waals surface area contributed by atoms with Crippen LogP contribution in [-0.2, 0) is 11.3 Å². The van der Waals surface area contributed by atoms with Gasteiger partial charge in [0.25, 0.3) is 0 Å². The molecule has 202 valence electrons. The van der Waals surface area contributed by atoms with E-state index in [1.807, 2.05) is 4.90 Å². The lowest BCUT2D eigenvalue weighted by Gasteiger charge is -2.32. The number of carbonyl (C=O) groups excluding carboxylic acids is 2. The molecule has 1 saturated heterocycles. The van der Waals surface area contributed by atoms with E-state index in [1.165, 1.54) is 25.3 Å². The number of carbonyl (C=O) groups is 2. The summed E-state index contributed by atoms with van der Waals surface area (Å²) >= 11 is 0. The van der Waals surface area contributed by atoms with Crippen LogP contribution in [0.1, 0.15) is 51.0 Å². The Balaban J connectivity index is 1.41. The molecular formula is C27H31F3N6O2. The summed E-state index contributed by atoms with van der Waals surface area (Å²) in [6, 6.07) is 3.05. The second kappa shape index (κ2) is 10.9. The number of likely N-dealkylation sites (tertiary alicyclic amines) is 1. The van der Waals surface area contributed by atoms with Gasteiger partial charge in [-0.1, -0.05) is 0 Å². The van der Waals surface area contributed by atoms with Crippen molar-refractivity contribution >= 4 is 28.7 Å². The fourth-order valence-corrected chi connectivity index (χ4v) is 5.40. The van der Waals surface area contributed by atoms with E-state index in [2.05, 4.69) is 25.9 Å². The van der Waals surface area contributed by atoms with E-state index in [0.717, 1.165) is 51.3 Å². The van der Waals surface area contributed by atoms with Gasteiger partial charge in [-0.3, -0.25) is 4.79 Å². The summed E-state index contributed by atoms with van der Waals surface area (Å²) in [4.78, 5) is 33.3. The molecule has 2 aliphatic rings. The number of hydrogen-bond donors (Lipinski definition) is 4. The minimum absolute atomic E-state index is 0.00658. The number of halogens is 3. The number of rotatable bonds is 6. The zero-order valence-corrected chi connectivity index (χ0v) is 21.2. The number of H-pyrrole nitrogens is 1. The average Bonchev–Trinajstić information content (AvgIpc) is 3.55. The highest BCUT2D eigenvalue weighted by atomic mass is 19.1. The van der Waals surface area contributed by atoms with Crippen molar-refractivity contribution in [3.8, 4) is 11.3 Å². The number of hydrogen-bond acceptors (Lipinski definition) is 4. The molecule has 1 saturated carbocycles. The Morgan fingerprint density at radius 1 is 1.05 bits per heavy atom. The highest BCUT2D eigenvalue weighted by Gasteiger charge is 2.27. The van der Waals surface area contributed by atoms with Crippen molar-refractivity contribution in [3.05, 3.63) is 47.4 Å². The standard InChI is InChI=1S/C27H31F3N6O2/c1-15(37)31-13-16-9-23(30)26(35-24(16)21-14-32-25-20(21)10-17(28)11-22(25)29)33-18-5-4-6-19(12-18)34-27(38)36-7-2-3-8-36/h9-11,14,18-19,32H,2-8,12-13H2,1H3,(H,31,37)(H,33,35)(H,34,38)/t18-,19+/m0/s1. The number of anilines is 1. The Morgan fingerprint density at radius 3 is 2.58 bits per heavy atom. The molecule has 0 spiro atoms. The lowest BCUT2D eigenvalue weighted by Crippen LogP contribution is -2.47. The largest absolute Gasteiger partial charge is 0.365 e. The van der Waals surface area contributed by atoms with Gasteiger partial charge in [0, 0.05) is 67.4 Å². The highest BCUT2D eigenvalue weighted by Crippen LogP contribution is 2.34. The number of nitrogens with zero attached hydrogens (tertiary/aromatic N) is 2. The number of urea groups is 1. The molecule has 1 aliphatic heterocycles. The van der Waals surface area contributed by atoms with Gasteiger partial charge in [-0.25, -0.2) is 22.9 Å². The molecule has 2 atom stereocenters. The zero-order chi connectivity index (χ0) is 26.8. The number of amides is 3. The van der Waals surface area contributed by atoms with Crippen molar-refractivity contribution < 1.29 is 22.8 Å². The van der Waals surface area contributed by atoms with Gasteiger partial charge in [-0.15, -0.1) is 0 Å². The molecule has 1 aromatic carbocycles. The second-order valence-corrected chi connectivity index (χ2v) is 10.1. The molecule has 4 N–H and O–H groups in total. The molecule has 3 amide bonds. The molecule has 0 bridgehead atoms. The number of nitrogens with one attached hydrogen (secondary N) is 4. The Hall–Kier alpha value is -3.76. The summed E-state index contributed by atoms with van der Waals surface area (Å²) in [5.41, 5.74) is 1.17. The first-order chi connectivity index (χ1) is 18.3. The molecule has 3 aromatic rings. The molecule has 8 nitrogen and oxygen atoms in total. The van der Waals surface area contributed by atoms with Crippen LogP contribution < -0.4 is 16.0 Å². The molecule has 11 heteroatoms. The van der Waals surface area contributed by atoms with Crippen molar-refractivity contribution in [1.29, 1.82) is 0 Å². The highest BCUT2D eigenvalue weighted by molar-refractivity contribution is 5.96. The number of benzene rings is 1. The third-order valence-corrected chi connectivity index (χ3v) is 7.28. The van der Waals surface area contributed by atoms with Crippen molar-refractivity contribution in [3.63, 3.8) is 0 Å². The molecular weight excluding hydrogens is 497 g/mol. The van der Waals surface area contributed by atoms with Gasteiger partial charge in [-0.2, -0.15) is 0 Å². The van der Waals surface area contributed by atoms with Crippen molar-refractivity contribution in [2.45, 2.75) is 64.1 Å². The smallest absolute Gasteiger partial charge is 0.317 e. The first-order valence-electron chi connectivity index (χ1n) is 13.0. The number of pyridine rings is 1. The summed E-state index contributed by atoms with van der Waals surface area (Å²) < 4.78 is 43.7. The maximum absolute atomic E-state index is 15.3. The van der Waals surface area contributed by atoms with Gasteiger partial charge >= 0.3 is 6.03 Å². The van der Waals surface area contributed by atoms with E-state index in [9.17, 15) is 18.4 Å². The second-order valence-electron chi connectivity index (χ2n) is 10.1. The van der Waals surface area contributed by atoms with Crippen LogP contribution in [-0.4, -0.2) is 52.0 Å². The third-order valence-electron chi connectivity index (χ3n) is 7.28. The molecule has 1 aliphatic carbocycles. The van der Waals surface area contributed by atoms with Gasteiger partial charge < -0.3 is 25.8 Å². The minimum Gasteiger partial charge on any atom is -0.365 e. The quantitative estimate of drug-likeness (QED) is 0.369. The summed E-state index contributed by atoms with van der Waals surface area (Å²) in [5.74, 6) is -2.40. The van der Waals surface area contributed by atoms with Crippen LogP contribution in [0.4, 0.5) is 23.8 Å². The monoisotopic (exact) mass is 528 g/mol. The molecule has 0 unspecified atom stereocenters. The maximum Gasteiger partial charge on any atom is 0.317 e. The number of aromatic amines is 1. The number of aromatic nitrogens is 2. The summed E-state index contributed by atoms with van der Waals surface area (Å²) in [6.45, 7) is 2.88. The predicted octanol–water partition coefficient (Wildman–Crippen LogP) is 4.81. The van der Waals surface area contributed by atoms with Gasteiger partial charge in [0.15, 0.2) is 11.6 Å². The number of fused-ring (bicyclic) bond motifs is 1. The fraction of sp³-hybridized carbons (Fsp3) is 0.444. The van der Waals surface area contributed by atoms with E-state index in [4.69, 9.17) is 0 Å². The first kappa shape index (κ1) is 25.9. The zero-order valence-electron chi connectivity index (χ0n) is 21.2. The average molecular weight is 529 g/mol. The Labute approximate surface area is 218 Å². The van der Waals surface area contributed by atoms with Crippen LogP contribution in [0.5, 0.6) is 0 Å². The molecule has 5 rings (SSSR count). The van der Waals surface area contributed by atoms with E-state index in [1.54, 1.807) is 0 Å². The first-order valence-corrected chi connectivity index (χ1v) is 13.0. The Morgan fingerprint density at radius 2 is 1.82 bits per heavy atom. The lowest BCUT2D eigenvalue weighted by atomic mass is 9.91. The fourth-order valence-electron chi connectivity index (χ4n) is 5.40. The minimum atomic E-state index is -0.751. The van der Waals surface area contributed by atoms with Gasteiger partial charge in [0.2, 0.25) is 5.91 Å². The predicted molar refractivity (Wildman–Crippen MR) is 138 cm³/mol. The molecule has 2 aromatic heterocycles. The Kier molecular flexibility index (Phi) is 7.44. The van der Waals surface area contributed by atoms with Gasteiger partial charge in [0.1, 0.15) is 11.6 Å². The molecule has 0 radical (unpaired) electrons. The summed E-state index contributed by atoms with van der Waals surface area (Å²) in [7, 11) is 0. The van der Waals surface area contributed by atoms with Crippen molar-refractivity contribution in [2.75, 3.05) is 18.4 Å². The van der Waals surface area contributed by atoms with Crippen LogP contribution in [0.25, 0.3) is 22.2 Å². The van der Waals surface area contributed by atoms with Crippen LogP contribution >= 0.6 is 0 Å². The molecule has 2 fully saturated rings. The third kappa shape index (κ3) is 5.56. The van der Waals surface area contributed by atoms with Crippen molar-refractivity contribution in [1.82, 2.24) is 25.5 Å². The lowest BCUT2D eigenvalue weighted by molar-refractivity contribution is -0.119. The van der Waals surface area contributed by atoms with Gasteiger partial charge in [-0.05, 0) is 50.7 Å². The maximum atomic E-state index is 15.3. The van der Waals surface area contributed by atoms with Crippen LogP contribution in [0.3, 0.4) is 0 Å². The molecule has 38 heavy (non-hydrogen) atoms. The summed E-state index contributed by atoms with van der Waals surface area (Å²) in [6.07, 6.45) is 6.64. The van der Waals surface area contributed by atoms with E-state index < -0.39 is 17.5 Å². The Bertz CT molecular complexity index is 1350. The van der Waals surface area contributed by atoms with Crippen LogP contribution in [0, 0.1) is 17.5 Å². The summed E-state index contributed by atoms with van der Waals surface area (Å²) in [5, 5.41) is 9.20. The van der Waals surface area contributed by atoms with Gasteiger partial charge in [0.05, 0.1) is 11.2 Å². The molecule has 3 heterocycles. The van der Waals surface area contributed by atoms with Crippen LogP contribution in [0.15, 0.2) is 24.4 Å². The van der Waals surface area contributed by atoms with Crippen molar-refractivity contribution in [2.24, 2.45) is 0 Å². The van der Waals surface area contributed by atoms with E-state index in [-0.39, 0.29) is 47.3 Å². The van der Waals surface area contributed by atoms with E-state index in [0.29, 0.717) is 23.2 Å². The SMILES string of the molecule is CC(=O)NCc1cc(F)c(N[C@H]2CCC[C@@H](NC(=O)N3CCCC3)C2)nc1-c1c[nH]c2c(F)cc(F)cc12. The van der Waals surface area contributed by atoms with E-state index >= 15 is 4.39 Å².